The fraction of sp³-hybridized carbons (Fsp3) is 0.160. The van der Waals surface area contributed by atoms with Gasteiger partial charge in [0.25, 0.3) is 0 Å². The maximum Gasteiger partial charge on any atom is 0.241 e. The number of amides is 1. The minimum atomic E-state index is -0.0473. The fourth-order valence-corrected chi connectivity index (χ4v) is 3.67. The van der Waals surface area contributed by atoms with Crippen LogP contribution in [0.25, 0.3) is 11.3 Å². The van der Waals surface area contributed by atoms with Gasteiger partial charge >= 0.3 is 0 Å². The van der Waals surface area contributed by atoms with E-state index in [0.717, 1.165) is 17.7 Å². The highest BCUT2D eigenvalue weighted by atomic mass is 16.2. The quantitative estimate of drug-likeness (QED) is 0.483. The molecule has 0 radical (unpaired) electrons. The first-order valence-corrected chi connectivity index (χ1v) is 10.1. The lowest BCUT2D eigenvalue weighted by Crippen LogP contribution is -2.30. The minimum Gasteiger partial charge on any atom is -0.354 e. The number of carbonyl (C=O) groups excluding carboxylic acids is 1. The molecule has 2 aromatic carbocycles. The van der Waals surface area contributed by atoms with Crippen LogP contribution in [0.5, 0.6) is 0 Å². The summed E-state index contributed by atoms with van der Waals surface area (Å²) in [7, 11) is 0. The smallest absolute Gasteiger partial charge is 0.241 e. The predicted molar refractivity (Wildman–Crippen MR) is 118 cm³/mol. The van der Waals surface area contributed by atoms with Gasteiger partial charge in [-0.2, -0.15) is 5.10 Å². The average molecular weight is 396 g/mol. The SMILES string of the molecule is O=C(Cn1nccc1-c1ccncc1)NCCC(c1ccccc1)c1ccccc1. The number of pyridine rings is 1. The molecule has 0 aliphatic heterocycles. The van der Waals surface area contributed by atoms with Gasteiger partial charge in [-0.1, -0.05) is 60.7 Å². The van der Waals surface area contributed by atoms with E-state index in [2.05, 4.69) is 63.9 Å². The Balaban J connectivity index is 1.39. The van der Waals surface area contributed by atoms with E-state index in [-0.39, 0.29) is 18.4 Å². The van der Waals surface area contributed by atoms with Crippen LogP contribution in [0.1, 0.15) is 23.5 Å². The summed E-state index contributed by atoms with van der Waals surface area (Å²) in [5, 5.41) is 7.36. The second-order valence-corrected chi connectivity index (χ2v) is 7.12. The van der Waals surface area contributed by atoms with E-state index in [0.29, 0.717) is 6.54 Å². The number of hydrogen-bond donors (Lipinski definition) is 1. The summed E-state index contributed by atoms with van der Waals surface area (Å²) >= 11 is 0. The van der Waals surface area contributed by atoms with Gasteiger partial charge in [-0.3, -0.25) is 14.5 Å². The molecular weight excluding hydrogens is 372 g/mol. The molecule has 4 aromatic rings. The molecule has 30 heavy (non-hydrogen) atoms. The van der Waals surface area contributed by atoms with Crippen molar-refractivity contribution in [3.63, 3.8) is 0 Å². The number of nitrogens with zero attached hydrogens (tertiary/aromatic N) is 3. The first-order chi connectivity index (χ1) is 14.8. The molecule has 0 aliphatic carbocycles. The Morgan fingerprint density at radius 3 is 2.10 bits per heavy atom. The van der Waals surface area contributed by atoms with E-state index in [1.807, 2.05) is 30.3 Å². The van der Waals surface area contributed by atoms with Gasteiger partial charge in [-0.25, -0.2) is 0 Å². The van der Waals surface area contributed by atoms with Gasteiger partial charge in [0, 0.05) is 36.6 Å². The molecule has 2 aromatic heterocycles. The Hall–Kier alpha value is -3.73. The Morgan fingerprint density at radius 2 is 1.47 bits per heavy atom. The molecule has 0 unspecified atom stereocenters. The van der Waals surface area contributed by atoms with Crippen molar-refractivity contribution in [2.75, 3.05) is 6.54 Å². The normalized spacial score (nSPS) is 10.8. The molecular formula is C25H24N4O. The van der Waals surface area contributed by atoms with E-state index in [9.17, 15) is 4.79 Å². The van der Waals surface area contributed by atoms with Gasteiger partial charge in [-0.05, 0) is 35.7 Å². The first kappa shape index (κ1) is 19.6. The highest BCUT2D eigenvalue weighted by molar-refractivity contribution is 5.76. The standard InChI is InChI=1S/C25H24N4O/c30-25(19-29-24(14-18-28-29)22-11-15-26-16-12-22)27-17-13-23(20-7-3-1-4-8-20)21-9-5-2-6-10-21/h1-12,14-16,18,23H,13,17,19H2,(H,27,30). The third kappa shape index (κ3) is 4.81. The summed E-state index contributed by atoms with van der Waals surface area (Å²) in [6.45, 7) is 0.783. The predicted octanol–water partition coefficient (Wildman–Crippen LogP) is 4.28. The topological polar surface area (TPSA) is 59.8 Å². The van der Waals surface area contributed by atoms with E-state index >= 15 is 0 Å². The highest BCUT2D eigenvalue weighted by Crippen LogP contribution is 2.27. The van der Waals surface area contributed by atoms with Gasteiger partial charge in [0.1, 0.15) is 6.54 Å². The third-order valence-corrected chi connectivity index (χ3v) is 5.15. The van der Waals surface area contributed by atoms with Crippen LogP contribution in [-0.2, 0) is 11.3 Å². The second-order valence-electron chi connectivity index (χ2n) is 7.12. The van der Waals surface area contributed by atoms with Crippen LogP contribution in [0.2, 0.25) is 0 Å². The highest BCUT2D eigenvalue weighted by Gasteiger charge is 2.15. The molecule has 5 nitrogen and oxygen atoms in total. The van der Waals surface area contributed by atoms with Crippen molar-refractivity contribution in [2.45, 2.75) is 18.9 Å². The summed E-state index contributed by atoms with van der Waals surface area (Å²) in [5.74, 6) is 0.193. The lowest BCUT2D eigenvalue weighted by Gasteiger charge is -2.18. The number of carbonyl (C=O) groups is 1. The van der Waals surface area contributed by atoms with E-state index in [1.165, 1.54) is 11.1 Å². The summed E-state index contributed by atoms with van der Waals surface area (Å²) in [6.07, 6.45) is 6.01. The van der Waals surface area contributed by atoms with Crippen molar-refractivity contribution in [1.82, 2.24) is 20.1 Å². The van der Waals surface area contributed by atoms with Crippen LogP contribution in [0.4, 0.5) is 0 Å². The van der Waals surface area contributed by atoms with Gasteiger partial charge < -0.3 is 5.32 Å². The fourth-order valence-electron chi connectivity index (χ4n) is 3.67. The van der Waals surface area contributed by atoms with Gasteiger partial charge in [-0.15, -0.1) is 0 Å². The Bertz CT molecular complexity index is 1020. The summed E-state index contributed by atoms with van der Waals surface area (Å²) in [6, 6.07) is 26.6. The number of rotatable bonds is 8. The molecule has 1 N–H and O–H groups in total. The number of benzene rings is 2. The maximum atomic E-state index is 12.6. The van der Waals surface area contributed by atoms with E-state index < -0.39 is 0 Å². The zero-order valence-electron chi connectivity index (χ0n) is 16.7. The Labute approximate surface area is 176 Å². The van der Waals surface area contributed by atoms with Crippen molar-refractivity contribution in [3.05, 3.63) is 109 Å². The molecule has 150 valence electrons. The van der Waals surface area contributed by atoms with Crippen molar-refractivity contribution < 1.29 is 4.79 Å². The van der Waals surface area contributed by atoms with Gasteiger partial charge in [0.05, 0.1) is 5.69 Å². The van der Waals surface area contributed by atoms with Crippen LogP contribution in [0, 0.1) is 0 Å². The molecule has 1 amide bonds. The molecule has 0 fully saturated rings. The minimum absolute atomic E-state index is 0.0473. The van der Waals surface area contributed by atoms with E-state index in [4.69, 9.17) is 0 Å². The third-order valence-electron chi connectivity index (χ3n) is 5.15. The average Bonchev–Trinajstić information content (AvgIpc) is 3.26. The van der Waals surface area contributed by atoms with Crippen LogP contribution in [-0.4, -0.2) is 27.2 Å². The molecule has 2 heterocycles. The maximum absolute atomic E-state index is 12.6. The van der Waals surface area contributed by atoms with E-state index in [1.54, 1.807) is 23.3 Å². The van der Waals surface area contributed by atoms with Crippen molar-refractivity contribution in [1.29, 1.82) is 0 Å². The molecule has 0 spiro atoms. The number of hydrogen-bond acceptors (Lipinski definition) is 3. The van der Waals surface area contributed by atoms with Gasteiger partial charge in [0.2, 0.25) is 5.91 Å². The summed E-state index contributed by atoms with van der Waals surface area (Å²) < 4.78 is 1.72. The lowest BCUT2D eigenvalue weighted by atomic mass is 9.88. The zero-order chi connectivity index (χ0) is 20.6. The van der Waals surface area contributed by atoms with Crippen molar-refractivity contribution in [3.8, 4) is 11.3 Å². The van der Waals surface area contributed by atoms with Crippen molar-refractivity contribution in [2.24, 2.45) is 0 Å². The number of nitrogens with one attached hydrogen (secondary N) is 1. The largest absolute Gasteiger partial charge is 0.354 e. The zero-order valence-corrected chi connectivity index (χ0v) is 16.7. The second kappa shape index (κ2) is 9.65. The lowest BCUT2D eigenvalue weighted by molar-refractivity contribution is -0.121. The Kier molecular flexibility index (Phi) is 6.30. The molecule has 0 saturated heterocycles. The molecule has 5 heteroatoms. The molecule has 0 bridgehead atoms. The summed E-state index contributed by atoms with van der Waals surface area (Å²) in [5.41, 5.74) is 4.40. The van der Waals surface area contributed by atoms with Gasteiger partial charge in [0.15, 0.2) is 0 Å². The molecule has 0 aliphatic rings. The first-order valence-electron chi connectivity index (χ1n) is 10.1. The molecule has 0 atom stereocenters. The number of aromatic nitrogens is 3. The Morgan fingerprint density at radius 1 is 0.833 bits per heavy atom. The monoisotopic (exact) mass is 396 g/mol. The van der Waals surface area contributed by atoms with Crippen molar-refractivity contribution >= 4 is 5.91 Å². The molecule has 0 saturated carbocycles. The van der Waals surface area contributed by atoms with Crippen LogP contribution in [0.3, 0.4) is 0 Å². The molecule has 4 rings (SSSR count). The summed E-state index contributed by atoms with van der Waals surface area (Å²) in [4.78, 5) is 16.6. The van der Waals surface area contributed by atoms with Crippen LogP contribution >= 0.6 is 0 Å². The van der Waals surface area contributed by atoms with Crippen LogP contribution in [0.15, 0.2) is 97.5 Å². The van der Waals surface area contributed by atoms with Crippen LogP contribution < -0.4 is 5.32 Å².